The van der Waals surface area contributed by atoms with Crippen molar-refractivity contribution in [3.05, 3.63) is 34.1 Å². The Labute approximate surface area is 109 Å². The summed E-state index contributed by atoms with van der Waals surface area (Å²) in [5.74, 6) is -1.52. The molecule has 1 aliphatic heterocycles. The summed E-state index contributed by atoms with van der Waals surface area (Å²) in [6.45, 7) is 3.27. The summed E-state index contributed by atoms with van der Waals surface area (Å²) in [6, 6.07) is 3.96. The topological polar surface area (TPSA) is 73.6 Å². The number of anilines is 1. The van der Waals surface area contributed by atoms with Gasteiger partial charge in [0.25, 0.3) is 0 Å². The highest BCUT2D eigenvalue weighted by atomic mass is 19.1. The van der Waals surface area contributed by atoms with Crippen molar-refractivity contribution in [2.45, 2.75) is 19.1 Å². The molecule has 0 spiro atoms. The van der Waals surface area contributed by atoms with E-state index in [9.17, 15) is 14.5 Å². The molecule has 1 aromatic carbocycles. The van der Waals surface area contributed by atoms with E-state index in [0.29, 0.717) is 26.2 Å². The van der Waals surface area contributed by atoms with Crippen LogP contribution in [0.25, 0.3) is 0 Å². The Morgan fingerprint density at radius 1 is 1.47 bits per heavy atom. The third-order valence-corrected chi connectivity index (χ3v) is 2.96. The fraction of sp³-hybridized carbons (Fsp3) is 0.500. The van der Waals surface area contributed by atoms with Gasteiger partial charge in [-0.2, -0.15) is 4.39 Å². The van der Waals surface area contributed by atoms with Gasteiger partial charge < -0.3 is 14.8 Å². The molecule has 6 nitrogen and oxygen atoms in total. The lowest BCUT2D eigenvalue weighted by atomic mass is 10.2. The van der Waals surface area contributed by atoms with Gasteiger partial charge in [-0.1, -0.05) is 6.07 Å². The molecule has 0 atom stereocenters. The van der Waals surface area contributed by atoms with Gasteiger partial charge in [0.05, 0.1) is 18.1 Å². The predicted molar refractivity (Wildman–Crippen MR) is 66.5 cm³/mol. The van der Waals surface area contributed by atoms with Crippen LogP contribution in [0.2, 0.25) is 0 Å². The lowest BCUT2D eigenvalue weighted by Gasteiger charge is -2.22. The number of benzene rings is 1. The molecule has 0 saturated carbocycles. The molecule has 1 aliphatic rings. The number of hydrogen-bond donors (Lipinski definition) is 1. The summed E-state index contributed by atoms with van der Waals surface area (Å²) >= 11 is 0. The maximum atomic E-state index is 13.4. The van der Waals surface area contributed by atoms with Gasteiger partial charge in [0.15, 0.2) is 5.79 Å². The Hall–Kier alpha value is -1.73. The molecule has 104 valence electrons. The van der Waals surface area contributed by atoms with Crippen LogP contribution in [0.4, 0.5) is 15.8 Å². The van der Waals surface area contributed by atoms with E-state index in [1.807, 2.05) is 6.92 Å². The number of nitrogens with zero attached hydrogens (tertiary/aromatic N) is 1. The van der Waals surface area contributed by atoms with Gasteiger partial charge in [0, 0.05) is 13.0 Å². The summed E-state index contributed by atoms with van der Waals surface area (Å²) in [7, 11) is 0. The number of ether oxygens (including phenoxy) is 2. The minimum Gasteiger partial charge on any atom is -0.379 e. The van der Waals surface area contributed by atoms with Crippen LogP contribution in [0.3, 0.4) is 0 Å². The molecule has 0 aliphatic carbocycles. The Morgan fingerprint density at radius 3 is 2.79 bits per heavy atom. The van der Waals surface area contributed by atoms with Crippen molar-refractivity contribution in [3.63, 3.8) is 0 Å². The first-order valence-corrected chi connectivity index (χ1v) is 5.96. The average molecular weight is 270 g/mol. The minimum absolute atomic E-state index is 0.159. The summed E-state index contributed by atoms with van der Waals surface area (Å²) in [4.78, 5) is 10.1. The van der Waals surface area contributed by atoms with E-state index in [4.69, 9.17) is 9.47 Å². The zero-order chi connectivity index (χ0) is 13.9. The average Bonchev–Trinajstić information content (AvgIpc) is 2.76. The third-order valence-electron chi connectivity index (χ3n) is 2.96. The van der Waals surface area contributed by atoms with Crippen LogP contribution in [0.5, 0.6) is 0 Å². The second-order valence-electron chi connectivity index (χ2n) is 4.40. The molecule has 0 unspecified atom stereocenters. The fourth-order valence-electron chi connectivity index (χ4n) is 1.97. The minimum atomic E-state index is -0.852. The fourth-order valence-corrected chi connectivity index (χ4v) is 1.97. The van der Waals surface area contributed by atoms with Crippen LogP contribution in [-0.4, -0.2) is 30.5 Å². The molecule has 2 rings (SSSR count). The molecular formula is C12H15FN2O4. The highest BCUT2D eigenvalue weighted by Gasteiger charge is 2.30. The molecule has 1 fully saturated rings. The third kappa shape index (κ3) is 3.18. The Bertz CT molecular complexity index is 475. The molecule has 1 saturated heterocycles. The van der Waals surface area contributed by atoms with Crippen molar-refractivity contribution in [2.24, 2.45) is 0 Å². The molecular weight excluding hydrogens is 255 g/mol. The first-order valence-electron chi connectivity index (χ1n) is 5.96. The number of para-hydroxylation sites is 1. The van der Waals surface area contributed by atoms with Gasteiger partial charge in [-0.25, -0.2) is 0 Å². The van der Waals surface area contributed by atoms with Gasteiger partial charge in [-0.3, -0.25) is 10.1 Å². The summed E-state index contributed by atoms with van der Waals surface area (Å²) in [5, 5.41) is 13.6. The zero-order valence-corrected chi connectivity index (χ0v) is 10.5. The zero-order valence-electron chi connectivity index (χ0n) is 10.5. The maximum Gasteiger partial charge on any atom is 0.327 e. The van der Waals surface area contributed by atoms with Crippen LogP contribution < -0.4 is 5.32 Å². The number of hydrogen-bond acceptors (Lipinski definition) is 5. The summed E-state index contributed by atoms with van der Waals surface area (Å²) in [5.41, 5.74) is -0.382. The standard InChI is InChI=1S/C12H15FN2O4/c1-12(18-7-8-19-12)5-6-14-10-4-2-3-9(13)11(10)15(16)17/h2-4,14H,5-8H2,1H3. The quantitative estimate of drug-likeness (QED) is 0.656. The van der Waals surface area contributed by atoms with E-state index in [1.54, 1.807) is 0 Å². The van der Waals surface area contributed by atoms with Crippen molar-refractivity contribution < 1.29 is 18.8 Å². The van der Waals surface area contributed by atoms with Crippen molar-refractivity contribution in [3.8, 4) is 0 Å². The molecule has 0 radical (unpaired) electrons. The SMILES string of the molecule is CC1(CCNc2cccc(F)c2[N+](=O)[O-])OCCO1. The largest absolute Gasteiger partial charge is 0.379 e. The molecule has 0 bridgehead atoms. The van der Waals surface area contributed by atoms with Crippen molar-refractivity contribution in [1.29, 1.82) is 0 Å². The lowest BCUT2D eigenvalue weighted by molar-refractivity contribution is -0.386. The van der Waals surface area contributed by atoms with Gasteiger partial charge in [0.2, 0.25) is 5.82 Å². The van der Waals surface area contributed by atoms with Crippen LogP contribution in [0.15, 0.2) is 18.2 Å². The van der Waals surface area contributed by atoms with Crippen molar-refractivity contribution in [1.82, 2.24) is 0 Å². The number of rotatable bonds is 5. The molecule has 1 N–H and O–H groups in total. The number of nitrogens with one attached hydrogen (secondary N) is 1. The summed E-state index contributed by atoms with van der Waals surface area (Å²) < 4.78 is 24.2. The lowest BCUT2D eigenvalue weighted by Crippen LogP contribution is -2.28. The van der Waals surface area contributed by atoms with E-state index in [0.717, 1.165) is 6.07 Å². The van der Waals surface area contributed by atoms with Crippen LogP contribution in [-0.2, 0) is 9.47 Å². The number of halogens is 1. The van der Waals surface area contributed by atoms with Gasteiger partial charge in [-0.05, 0) is 19.1 Å². The highest BCUT2D eigenvalue weighted by molar-refractivity contribution is 5.61. The molecule has 1 aromatic rings. The van der Waals surface area contributed by atoms with Crippen molar-refractivity contribution >= 4 is 11.4 Å². The summed E-state index contributed by atoms with van der Waals surface area (Å²) in [6.07, 6.45) is 0.515. The Balaban J connectivity index is 2.00. The van der Waals surface area contributed by atoms with Crippen LogP contribution >= 0.6 is 0 Å². The molecule has 0 amide bonds. The van der Waals surface area contributed by atoms with Crippen LogP contribution in [0.1, 0.15) is 13.3 Å². The van der Waals surface area contributed by atoms with E-state index < -0.39 is 22.2 Å². The maximum absolute atomic E-state index is 13.4. The number of nitro benzene ring substituents is 1. The molecule has 1 heterocycles. The molecule has 19 heavy (non-hydrogen) atoms. The molecule has 0 aromatic heterocycles. The second-order valence-corrected chi connectivity index (χ2v) is 4.40. The second kappa shape index (κ2) is 5.50. The van der Waals surface area contributed by atoms with Gasteiger partial charge in [-0.15, -0.1) is 0 Å². The normalized spacial score (nSPS) is 17.4. The first kappa shape index (κ1) is 13.7. The highest BCUT2D eigenvalue weighted by Crippen LogP contribution is 2.28. The van der Waals surface area contributed by atoms with Gasteiger partial charge >= 0.3 is 5.69 Å². The monoisotopic (exact) mass is 270 g/mol. The van der Waals surface area contributed by atoms with Crippen molar-refractivity contribution in [2.75, 3.05) is 25.1 Å². The van der Waals surface area contributed by atoms with E-state index in [1.165, 1.54) is 12.1 Å². The van der Waals surface area contributed by atoms with Crippen LogP contribution in [0, 0.1) is 15.9 Å². The van der Waals surface area contributed by atoms with E-state index >= 15 is 0 Å². The predicted octanol–water partition coefficient (Wildman–Crippen LogP) is 2.30. The smallest absolute Gasteiger partial charge is 0.327 e. The van der Waals surface area contributed by atoms with E-state index in [2.05, 4.69) is 5.32 Å². The Kier molecular flexibility index (Phi) is 3.96. The van der Waals surface area contributed by atoms with Gasteiger partial charge in [0.1, 0.15) is 5.69 Å². The Morgan fingerprint density at radius 2 is 2.16 bits per heavy atom. The molecule has 7 heteroatoms. The number of nitro groups is 1. The van der Waals surface area contributed by atoms with E-state index in [-0.39, 0.29) is 5.69 Å². The first-order chi connectivity index (χ1) is 9.02.